The molecule has 1 fully saturated rings. The molecular weight excluding hydrogens is 335 g/mol. The van der Waals surface area contributed by atoms with Gasteiger partial charge in [0.05, 0.1) is 6.54 Å². The number of rotatable bonds is 4. The number of nitrogens with zero attached hydrogens (tertiary/aromatic N) is 6. The molecule has 0 radical (unpaired) electrons. The van der Waals surface area contributed by atoms with Crippen molar-refractivity contribution in [1.29, 1.82) is 0 Å². The van der Waals surface area contributed by atoms with Gasteiger partial charge in [-0.25, -0.2) is 4.39 Å². The van der Waals surface area contributed by atoms with E-state index < -0.39 is 0 Å². The van der Waals surface area contributed by atoms with Crippen LogP contribution in [0.2, 0.25) is 0 Å². The molecule has 0 amide bonds. The highest BCUT2D eigenvalue weighted by molar-refractivity contribution is 5.79. The number of hydrogen-bond acceptors (Lipinski definition) is 6. The maximum absolute atomic E-state index is 13.3. The lowest BCUT2D eigenvalue weighted by molar-refractivity contribution is 0.117. The molecule has 0 aliphatic carbocycles. The Bertz CT molecular complexity index is 927. The molecule has 0 atom stereocenters. The summed E-state index contributed by atoms with van der Waals surface area (Å²) >= 11 is 0. The Morgan fingerprint density at radius 3 is 2.65 bits per heavy atom. The van der Waals surface area contributed by atoms with Gasteiger partial charge in [0, 0.05) is 57.1 Å². The van der Waals surface area contributed by atoms with Crippen LogP contribution in [0, 0.1) is 5.82 Å². The van der Waals surface area contributed by atoms with Crippen LogP contribution in [-0.2, 0) is 26.1 Å². The fourth-order valence-corrected chi connectivity index (χ4v) is 3.92. The summed E-state index contributed by atoms with van der Waals surface area (Å²) < 4.78 is 20.8. The lowest BCUT2D eigenvalue weighted by atomic mass is 10.2. The van der Waals surface area contributed by atoms with Gasteiger partial charge in [0.2, 0.25) is 0 Å². The van der Waals surface area contributed by atoms with Gasteiger partial charge in [-0.2, -0.15) is 0 Å². The Morgan fingerprint density at radius 2 is 1.81 bits per heavy atom. The molecule has 1 aromatic carbocycles. The Morgan fingerprint density at radius 1 is 1.00 bits per heavy atom. The number of benzene rings is 1. The molecule has 2 aromatic heterocycles. The first-order valence-electron chi connectivity index (χ1n) is 9.16. The van der Waals surface area contributed by atoms with Crippen LogP contribution in [0.15, 0.2) is 22.7 Å². The molecule has 0 N–H and O–H groups in total. The van der Waals surface area contributed by atoms with Crippen LogP contribution < -0.4 is 0 Å². The van der Waals surface area contributed by atoms with Gasteiger partial charge in [0.15, 0.2) is 5.58 Å². The highest BCUT2D eigenvalue weighted by Crippen LogP contribution is 2.21. The van der Waals surface area contributed by atoms with E-state index in [0.29, 0.717) is 5.58 Å². The highest BCUT2D eigenvalue weighted by atomic mass is 19.1. The minimum absolute atomic E-state index is 0.297. The summed E-state index contributed by atoms with van der Waals surface area (Å²) in [5.74, 6) is 1.93. The smallest absolute Gasteiger partial charge is 0.170 e. The van der Waals surface area contributed by atoms with E-state index >= 15 is 0 Å². The van der Waals surface area contributed by atoms with E-state index in [9.17, 15) is 4.39 Å². The highest BCUT2D eigenvalue weighted by Gasteiger charge is 2.23. The summed E-state index contributed by atoms with van der Waals surface area (Å²) in [4.78, 5) is 4.80. The van der Waals surface area contributed by atoms with Crippen molar-refractivity contribution in [3.63, 3.8) is 0 Å². The van der Waals surface area contributed by atoms with E-state index in [1.54, 1.807) is 6.07 Å². The van der Waals surface area contributed by atoms with Crippen LogP contribution >= 0.6 is 0 Å². The van der Waals surface area contributed by atoms with E-state index in [-0.39, 0.29) is 5.82 Å². The van der Waals surface area contributed by atoms with Crippen LogP contribution in [0.5, 0.6) is 0 Å². The molecule has 7 nitrogen and oxygen atoms in total. The first kappa shape index (κ1) is 15.9. The molecule has 2 aliphatic heterocycles. The van der Waals surface area contributed by atoms with Crippen molar-refractivity contribution in [2.75, 3.05) is 26.2 Å². The number of halogens is 1. The zero-order chi connectivity index (χ0) is 17.5. The second-order valence-corrected chi connectivity index (χ2v) is 7.11. The number of aromatic nitrogens is 4. The summed E-state index contributed by atoms with van der Waals surface area (Å²) in [6.45, 7) is 6.57. The monoisotopic (exact) mass is 356 g/mol. The van der Waals surface area contributed by atoms with Gasteiger partial charge in [-0.3, -0.25) is 9.80 Å². The third kappa shape index (κ3) is 2.89. The Balaban J connectivity index is 1.20. The van der Waals surface area contributed by atoms with Crippen LogP contribution in [0.3, 0.4) is 0 Å². The van der Waals surface area contributed by atoms with Crippen molar-refractivity contribution in [3.05, 3.63) is 41.4 Å². The predicted octanol–water partition coefficient (Wildman–Crippen LogP) is 1.82. The summed E-state index contributed by atoms with van der Waals surface area (Å²) in [6, 6.07) is 4.59. The Labute approximate surface area is 150 Å². The van der Waals surface area contributed by atoms with E-state index in [1.807, 2.05) is 0 Å². The molecule has 26 heavy (non-hydrogen) atoms. The van der Waals surface area contributed by atoms with Crippen molar-refractivity contribution in [2.24, 2.45) is 0 Å². The molecule has 4 heterocycles. The van der Waals surface area contributed by atoms with E-state index in [0.717, 1.165) is 75.0 Å². The number of fused-ring (bicyclic) bond motifs is 2. The summed E-state index contributed by atoms with van der Waals surface area (Å²) in [6.07, 6.45) is 2.23. The van der Waals surface area contributed by atoms with Crippen LogP contribution in [-0.4, -0.2) is 55.9 Å². The summed E-state index contributed by atoms with van der Waals surface area (Å²) in [5.41, 5.74) is 1.39. The first-order valence-corrected chi connectivity index (χ1v) is 9.16. The third-order valence-electron chi connectivity index (χ3n) is 5.40. The van der Waals surface area contributed by atoms with E-state index in [1.165, 1.54) is 18.6 Å². The van der Waals surface area contributed by atoms with Gasteiger partial charge in [0.1, 0.15) is 23.2 Å². The average molecular weight is 356 g/mol. The molecule has 0 saturated carbocycles. The summed E-state index contributed by atoms with van der Waals surface area (Å²) in [7, 11) is 0. The fraction of sp³-hybridized carbons (Fsp3) is 0.500. The Hall–Kier alpha value is -2.32. The second kappa shape index (κ2) is 6.44. The van der Waals surface area contributed by atoms with Gasteiger partial charge in [0.25, 0.3) is 0 Å². The van der Waals surface area contributed by atoms with Crippen molar-refractivity contribution >= 4 is 11.0 Å². The molecule has 0 bridgehead atoms. The zero-order valence-electron chi connectivity index (χ0n) is 14.6. The molecule has 0 unspecified atom stereocenters. The fourth-order valence-electron chi connectivity index (χ4n) is 3.92. The molecule has 5 rings (SSSR count). The van der Waals surface area contributed by atoms with Crippen molar-refractivity contribution in [1.82, 2.24) is 29.7 Å². The summed E-state index contributed by atoms with van der Waals surface area (Å²) in [5, 5.41) is 13.7. The van der Waals surface area contributed by atoms with Crippen molar-refractivity contribution < 1.29 is 8.91 Å². The van der Waals surface area contributed by atoms with Crippen molar-refractivity contribution in [2.45, 2.75) is 32.5 Å². The lowest BCUT2D eigenvalue weighted by Crippen LogP contribution is -2.45. The van der Waals surface area contributed by atoms with Crippen LogP contribution in [0.4, 0.5) is 4.39 Å². The van der Waals surface area contributed by atoms with Gasteiger partial charge >= 0.3 is 0 Å². The van der Waals surface area contributed by atoms with Crippen LogP contribution in [0.1, 0.15) is 23.8 Å². The van der Waals surface area contributed by atoms with Crippen molar-refractivity contribution in [3.8, 4) is 0 Å². The molecule has 0 spiro atoms. The lowest BCUT2D eigenvalue weighted by Gasteiger charge is -2.33. The topological polar surface area (TPSA) is 63.2 Å². The quantitative estimate of drug-likeness (QED) is 0.711. The maximum atomic E-state index is 13.3. The number of aryl methyl sites for hydroxylation is 1. The standard InChI is InChI=1S/C18H21FN6O/c19-13-3-4-14-15(22-26-16(14)10-13)11-23-6-8-24(9-7-23)12-18-21-20-17-2-1-5-25(17)18/h3-4,10H,1-2,5-9,11-12H2. The number of piperazine rings is 1. The van der Waals surface area contributed by atoms with Gasteiger partial charge in [-0.05, 0) is 18.6 Å². The zero-order valence-corrected chi connectivity index (χ0v) is 14.6. The molecule has 1 saturated heterocycles. The average Bonchev–Trinajstić information content (AvgIpc) is 3.34. The van der Waals surface area contributed by atoms with Gasteiger partial charge < -0.3 is 9.09 Å². The largest absolute Gasteiger partial charge is 0.356 e. The van der Waals surface area contributed by atoms with E-state index in [2.05, 4.69) is 29.7 Å². The van der Waals surface area contributed by atoms with E-state index in [4.69, 9.17) is 4.52 Å². The predicted molar refractivity (Wildman–Crippen MR) is 92.9 cm³/mol. The number of hydrogen-bond donors (Lipinski definition) is 0. The molecule has 2 aliphatic rings. The molecule has 8 heteroatoms. The minimum Gasteiger partial charge on any atom is -0.356 e. The third-order valence-corrected chi connectivity index (χ3v) is 5.40. The second-order valence-electron chi connectivity index (χ2n) is 7.11. The molecule has 3 aromatic rings. The van der Waals surface area contributed by atoms with Gasteiger partial charge in [-0.1, -0.05) is 5.16 Å². The molecule has 136 valence electrons. The van der Waals surface area contributed by atoms with Crippen LogP contribution in [0.25, 0.3) is 11.0 Å². The first-order chi connectivity index (χ1) is 12.8. The normalized spacial score (nSPS) is 18.7. The van der Waals surface area contributed by atoms with Gasteiger partial charge in [-0.15, -0.1) is 10.2 Å². The maximum Gasteiger partial charge on any atom is 0.170 e. The molecular formula is C18H21FN6O. The SMILES string of the molecule is Fc1ccc2c(CN3CCN(Cc4nnc5n4CCC5)CC3)noc2c1. The Kier molecular flexibility index (Phi) is 3.94. The minimum atomic E-state index is -0.297.